The zero-order valence-electron chi connectivity index (χ0n) is 10.9. The summed E-state index contributed by atoms with van der Waals surface area (Å²) in [6.07, 6.45) is 2.67. The molecule has 0 fully saturated rings. The van der Waals surface area contributed by atoms with Gasteiger partial charge in [0.1, 0.15) is 11.3 Å². The van der Waals surface area contributed by atoms with Crippen LogP contribution in [0, 0.1) is 0 Å². The number of para-hydroxylation sites is 1. The Morgan fingerprint density at radius 3 is 2.80 bits per heavy atom. The Labute approximate surface area is 115 Å². The quantitative estimate of drug-likeness (QED) is 0.591. The molecule has 2 aromatic rings. The molecule has 0 spiro atoms. The van der Waals surface area contributed by atoms with Crippen molar-refractivity contribution < 1.29 is 9.90 Å². The van der Waals surface area contributed by atoms with E-state index in [4.69, 9.17) is 5.11 Å². The number of aromatic nitrogens is 1. The van der Waals surface area contributed by atoms with Gasteiger partial charge in [0, 0.05) is 22.8 Å². The number of aliphatic hydroxyl groups excluding tert-OH is 1. The highest BCUT2D eigenvalue weighted by molar-refractivity contribution is 5.97. The molecule has 0 aliphatic rings. The Kier molecular flexibility index (Phi) is 3.70. The first-order valence-electron chi connectivity index (χ1n) is 5.97. The number of nitrogens with one attached hydrogen (secondary N) is 2. The Balaban J connectivity index is 2.39. The highest BCUT2D eigenvalue weighted by atomic mass is 16.3. The van der Waals surface area contributed by atoms with E-state index in [2.05, 4.69) is 16.9 Å². The topological polar surface area (TPSA) is 82.2 Å². The molecule has 1 heterocycles. The minimum atomic E-state index is -0.535. The number of hydrogen-bond acceptors (Lipinski definition) is 3. The van der Waals surface area contributed by atoms with E-state index < -0.39 is 5.91 Å². The SMILES string of the molecule is C=C(O)/C=C(\C)NC(=O)c1c[nH]c2ccccc2c1=O. The fourth-order valence-electron chi connectivity index (χ4n) is 1.87. The third-order valence-corrected chi connectivity index (χ3v) is 2.73. The summed E-state index contributed by atoms with van der Waals surface area (Å²) in [6.45, 7) is 4.89. The summed E-state index contributed by atoms with van der Waals surface area (Å²) in [6, 6.07) is 6.96. The van der Waals surface area contributed by atoms with Gasteiger partial charge in [0.05, 0.1) is 0 Å². The number of rotatable bonds is 3. The predicted molar refractivity (Wildman–Crippen MR) is 77.6 cm³/mol. The molecule has 0 bridgehead atoms. The third kappa shape index (κ3) is 2.77. The fourth-order valence-corrected chi connectivity index (χ4v) is 1.87. The first-order valence-corrected chi connectivity index (χ1v) is 5.97. The van der Waals surface area contributed by atoms with Crippen LogP contribution in [-0.4, -0.2) is 16.0 Å². The van der Waals surface area contributed by atoms with Crippen LogP contribution in [0.2, 0.25) is 0 Å². The third-order valence-electron chi connectivity index (χ3n) is 2.73. The molecule has 5 heteroatoms. The summed E-state index contributed by atoms with van der Waals surface area (Å²) in [5, 5.41) is 12.0. The molecule has 0 aliphatic heterocycles. The van der Waals surface area contributed by atoms with Crippen molar-refractivity contribution in [2.75, 3.05) is 0 Å². The number of pyridine rings is 1. The molecule has 0 aliphatic carbocycles. The molecule has 0 saturated carbocycles. The van der Waals surface area contributed by atoms with E-state index in [1.165, 1.54) is 12.3 Å². The van der Waals surface area contributed by atoms with Gasteiger partial charge < -0.3 is 15.4 Å². The van der Waals surface area contributed by atoms with Crippen LogP contribution in [0.25, 0.3) is 10.9 Å². The van der Waals surface area contributed by atoms with E-state index in [1.807, 2.05) is 0 Å². The lowest BCUT2D eigenvalue weighted by Gasteiger charge is -2.06. The van der Waals surface area contributed by atoms with Crippen molar-refractivity contribution in [2.24, 2.45) is 0 Å². The van der Waals surface area contributed by atoms with Crippen molar-refractivity contribution in [3.05, 3.63) is 70.4 Å². The number of amides is 1. The lowest BCUT2D eigenvalue weighted by atomic mass is 10.1. The second-order valence-electron chi connectivity index (χ2n) is 4.35. The van der Waals surface area contributed by atoms with Crippen LogP contribution in [-0.2, 0) is 0 Å². The Morgan fingerprint density at radius 2 is 2.10 bits per heavy atom. The van der Waals surface area contributed by atoms with Crippen molar-refractivity contribution in [1.29, 1.82) is 0 Å². The van der Waals surface area contributed by atoms with Crippen LogP contribution in [0.5, 0.6) is 0 Å². The van der Waals surface area contributed by atoms with Gasteiger partial charge in [-0.15, -0.1) is 0 Å². The van der Waals surface area contributed by atoms with E-state index in [9.17, 15) is 9.59 Å². The molecule has 0 unspecified atom stereocenters. The minimum Gasteiger partial charge on any atom is -0.509 e. The number of hydrogen-bond donors (Lipinski definition) is 3. The summed E-state index contributed by atoms with van der Waals surface area (Å²) in [7, 11) is 0. The molecule has 1 aromatic carbocycles. The van der Waals surface area contributed by atoms with Crippen molar-refractivity contribution in [3.63, 3.8) is 0 Å². The van der Waals surface area contributed by atoms with E-state index >= 15 is 0 Å². The monoisotopic (exact) mass is 270 g/mol. The fraction of sp³-hybridized carbons (Fsp3) is 0.0667. The van der Waals surface area contributed by atoms with Crippen molar-refractivity contribution in [1.82, 2.24) is 10.3 Å². The van der Waals surface area contributed by atoms with E-state index in [-0.39, 0.29) is 16.8 Å². The molecule has 1 aromatic heterocycles. The number of fused-ring (bicyclic) bond motifs is 1. The molecule has 5 nitrogen and oxygen atoms in total. The number of carbonyl (C=O) groups excluding carboxylic acids is 1. The second kappa shape index (κ2) is 5.44. The maximum Gasteiger partial charge on any atom is 0.260 e. The molecule has 102 valence electrons. The number of allylic oxidation sites excluding steroid dienone is 2. The summed E-state index contributed by atoms with van der Waals surface area (Å²) in [5.41, 5.74) is 0.743. The largest absolute Gasteiger partial charge is 0.509 e. The van der Waals surface area contributed by atoms with Crippen LogP contribution >= 0.6 is 0 Å². The molecule has 0 saturated heterocycles. The maximum atomic E-state index is 12.2. The van der Waals surface area contributed by atoms with Gasteiger partial charge in [0.25, 0.3) is 5.91 Å². The first-order chi connectivity index (χ1) is 9.49. The summed E-state index contributed by atoms with van der Waals surface area (Å²) in [5.74, 6) is -0.706. The number of aliphatic hydroxyl groups is 1. The van der Waals surface area contributed by atoms with Gasteiger partial charge in [-0.25, -0.2) is 0 Å². The van der Waals surface area contributed by atoms with Gasteiger partial charge in [-0.2, -0.15) is 0 Å². The van der Waals surface area contributed by atoms with Gasteiger partial charge in [-0.1, -0.05) is 18.7 Å². The normalized spacial score (nSPS) is 11.3. The van der Waals surface area contributed by atoms with Crippen LogP contribution in [0.15, 0.2) is 59.4 Å². The van der Waals surface area contributed by atoms with Gasteiger partial charge >= 0.3 is 0 Å². The standard InChI is InChI=1S/C15H14N2O3/c1-9(7-10(2)18)17-15(20)12-8-16-13-6-4-3-5-11(13)14(12)19/h3-8,18H,2H2,1H3,(H,16,19)(H,17,20)/b9-7+. The van der Waals surface area contributed by atoms with Crippen LogP contribution in [0.4, 0.5) is 0 Å². The van der Waals surface area contributed by atoms with Gasteiger partial charge in [0.15, 0.2) is 0 Å². The smallest absolute Gasteiger partial charge is 0.260 e. The lowest BCUT2D eigenvalue weighted by molar-refractivity contribution is 0.0964. The van der Waals surface area contributed by atoms with Crippen molar-refractivity contribution >= 4 is 16.8 Å². The van der Waals surface area contributed by atoms with Gasteiger partial charge in [-0.3, -0.25) is 9.59 Å². The van der Waals surface area contributed by atoms with Gasteiger partial charge in [0.2, 0.25) is 5.43 Å². The highest BCUT2D eigenvalue weighted by Crippen LogP contribution is 2.07. The molecular formula is C15H14N2O3. The van der Waals surface area contributed by atoms with Crippen LogP contribution < -0.4 is 10.7 Å². The van der Waals surface area contributed by atoms with Gasteiger partial charge in [-0.05, 0) is 25.1 Å². The average molecular weight is 270 g/mol. The maximum absolute atomic E-state index is 12.2. The van der Waals surface area contributed by atoms with Crippen LogP contribution in [0.1, 0.15) is 17.3 Å². The van der Waals surface area contributed by atoms with E-state index in [0.717, 1.165) is 0 Å². The molecular weight excluding hydrogens is 256 g/mol. The Morgan fingerprint density at radius 1 is 1.40 bits per heavy atom. The summed E-state index contributed by atoms with van der Waals surface area (Å²) < 4.78 is 0. The zero-order chi connectivity index (χ0) is 14.7. The number of carbonyl (C=O) groups is 1. The number of H-pyrrole nitrogens is 1. The Hall–Kier alpha value is -2.82. The average Bonchev–Trinajstić information content (AvgIpc) is 2.38. The molecule has 1 amide bonds. The predicted octanol–water partition coefficient (Wildman–Crippen LogP) is 2.23. The number of benzene rings is 1. The number of aromatic amines is 1. The van der Waals surface area contributed by atoms with Crippen molar-refractivity contribution in [3.8, 4) is 0 Å². The summed E-state index contributed by atoms with van der Waals surface area (Å²) >= 11 is 0. The molecule has 3 N–H and O–H groups in total. The summed E-state index contributed by atoms with van der Waals surface area (Å²) in [4.78, 5) is 27.1. The minimum absolute atomic E-state index is 0.0139. The highest BCUT2D eigenvalue weighted by Gasteiger charge is 2.12. The van der Waals surface area contributed by atoms with Crippen molar-refractivity contribution in [2.45, 2.75) is 6.92 Å². The molecule has 2 rings (SSSR count). The molecule has 0 radical (unpaired) electrons. The molecule has 20 heavy (non-hydrogen) atoms. The van der Waals surface area contributed by atoms with E-state index in [1.54, 1.807) is 31.2 Å². The zero-order valence-corrected chi connectivity index (χ0v) is 10.9. The van der Waals surface area contributed by atoms with E-state index in [0.29, 0.717) is 16.6 Å². The Bertz CT molecular complexity index is 772. The van der Waals surface area contributed by atoms with Crippen LogP contribution in [0.3, 0.4) is 0 Å². The lowest BCUT2D eigenvalue weighted by Crippen LogP contribution is -2.27. The first kappa shape index (κ1) is 13.6. The molecule has 0 atom stereocenters. The second-order valence-corrected chi connectivity index (χ2v) is 4.35.